The summed E-state index contributed by atoms with van der Waals surface area (Å²) in [6.45, 7) is 0. The molecule has 1 N–H and O–H groups in total. The van der Waals surface area contributed by atoms with E-state index in [2.05, 4.69) is 211 Å². The van der Waals surface area contributed by atoms with Gasteiger partial charge >= 0.3 is 0 Å². The van der Waals surface area contributed by atoms with Crippen LogP contribution in [0.15, 0.2) is 170 Å². The average Bonchev–Trinajstić information content (AvgIpc) is 3.20. The zero-order valence-electron chi connectivity index (χ0n) is 30.3. The van der Waals surface area contributed by atoms with Gasteiger partial charge in [-0.25, -0.2) is 0 Å². The van der Waals surface area contributed by atoms with Crippen molar-refractivity contribution >= 4 is 43.7 Å². The van der Waals surface area contributed by atoms with E-state index in [9.17, 15) is 0 Å². The van der Waals surface area contributed by atoms with Crippen LogP contribution in [0.5, 0.6) is 0 Å². The lowest BCUT2D eigenvalue weighted by Gasteiger charge is -2.47. The minimum Gasteiger partial charge on any atom is -0.366 e. The lowest BCUT2D eigenvalue weighted by Crippen LogP contribution is -2.44. The molecule has 0 saturated carbocycles. The number of anilines is 2. The second-order valence-corrected chi connectivity index (χ2v) is 14.9. The average molecular weight is 687 g/mol. The van der Waals surface area contributed by atoms with Gasteiger partial charge in [0.2, 0.25) is 0 Å². The van der Waals surface area contributed by atoms with Gasteiger partial charge in [-0.05, 0) is 116 Å². The topological polar surface area (TPSA) is 21.8 Å². The summed E-state index contributed by atoms with van der Waals surface area (Å²) in [5.74, 6) is 0. The zero-order chi connectivity index (χ0) is 35.6. The number of hydrogen-bond acceptors (Lipinski definition) is 4. The van der Waals surface area contributed by atoms with Gasteiger partial charge in [-0.15, -0.1) is 0 Å². The van der Waals surface area contributed by atoms with Gasteiger partial charge in [0.15, 0.2) is 0 Å². The molecule has 4 unspecified atom stereocenters. The number of rotatable bonds is 4. The van der Waals surface area contributed by atoms with Crippen molar-refractivity contribution in [3.63, 3.8) is 0 Å². The fourth-order valence-electron chi connectivity index (χ4n) is 9.27. The van der Waals surface area contributed by atoms with Crippen LogP contribution in [0.2, 0.25) is 0 Å². The Morgan fingerprint density at radius 3 is 1.53 bits per heavy atom. The van der Waals surface area contributed by atoms with E-state index in [0.717, 1.165) is 0 Å². The van der Waals surface area contributed by atoms with Gasteiger partial charge in [-0.3, -0.25) is 9.80 Å². The summed E-state index contributed by atoms with van der Waals surface area (Å²) in [5.41, 5.74) is 10.3. The predicted molar refractivity (Wildman–Crippen MR) is 221 cm³/mol. The van der Waals surface area contributed by atoms with Crippen LogP contribution in [0.25, 0.3) is 32.3 Å². The number of benzene rings is 8. The molecule has 4 atom stereocenters. The molecule has 53 heavy (non-hydrogen) atoms. The lowest BCUT2D eigenvalue weighted by molar-refractivity contribution is 0.184. The first-order valence-corrected chi connectivity index (χ1v) is 18.6. The summed E-state index contributed by atoms with van der Waals surface area (Å²) in [4.78, 5) is 7.46. The molecule has 4 heteroatoms. The van der Waals surface area contributed by atoms with Crippen molar-refractivity contribution in [2.24, 2.45) is 0 Å². The molecule has 0 fully saturated rings. The molecule has 8 aromatic carbocycles. The van der Waals surface area contributed by atoms with E-state index in [1.165, 1.54) is 77.1 Å². The molecule has 0 aliphatic carbocycles. The second kappa shape index (κ2) is 12.6. The minimum absolute atomic E-state index is 0.0141. The van der Waals surface area contributed by atoms with E-state index in [-0.39, 0.29) is 24.4 Å². The molecule has 2 aliphatic heterocycles. The highest BCUT2D eigenvalue weighted by molar-refractivity contribution is 5.86. The van der Waals surface area contributed by atoms with Gasteiger partial charge in [-0.1, -0.05) is 133 Å². The molecule has 0 amide bonds. The van der Waals surface area contributed by atoms with Gasteiger partial charge in [-0.2, -0.15) is 0 Å². The quantitative estimate of drug-likeness (QED) is 0.199. The molecule has 0 saturated heterocycles. The Kier molecular flexibility index (Phi) is 7.57. The Bertz CT molecular complexity index is 2660. The summed E-state index contributed by atoms with van der Waals surface area (Å²) in [6.07, 6.45) is 0.0797. The lowest BCUT2D eigenvalue weighted by atomic mass is 9.89. The van der Waals surface area contributed by atoms with Crippen LogP contribution in [0, 0.1) is 0 Å². The first-order chi connectivity index (χ1) is 26.0. The van der Waals surface area contributed by atoms with Crippen molar-refractivity contribution in [3.8, 4) is 0 Å². The third-order valence-corrected chi connectivity index (χ3v) is 11.8. The summed E-state index contributed by atoms with van der Waals surface area (Å²) < 4.78 is 0. The van der Waals surface area contributed by atoms with Crippen LogP contribution in [-0.2, 0) is 0 Å². The fraction of sp³-hybridized carbons (Fsp3) is 0.143. The Hall–Kier alpha value is -5.94. The largest absolute Gasteiger partial charge is 0.366 e. The predicted octanol–water partition coefficient (Wildman–Crippen LogP) is 11.5. The minimum atomic E-state index is 0.0141. The molecule has 0 spiro atoms. The van der Waals surface area contributed by atoms with Crippen LogP contribution in [0.1, 0.15) is 57.8 Å². The molecular weight excluding hydrogens is 645 g/mol. The maximum Gasteiger partial charge on any atom is 0.108 e. The van der Waals surface area contributed by atoms with E-state index in [0.29, 0.717) is 0 Å². The number of nitrogens with zero attached hydrogens (tertiary/aromatic N) is 3. The maximum atomic E-state index is 3.89. The normalized spacial score (nSPS) is 20.3. The number of fused-ring (bicyclic) bond motifs is 5. The Balaban J connectivity index is 1.01. The third kappa shape index (κ3) is 5.29. The Morgan fingerprint density at radius 2 is 0.849 bits per heavy atom. The van der Waals surface area contributed by atoms with E-state index >= 15 is 0 Å². The summed E-state index contributed by atoms with van der Waals surface area (Å²) in [6, 6.07) is 63.1. The van der Waals surface area contributed by atoms with Crippen molar-refractivity contribution in [1.29, 1.82) is 0 Å². The number of nitrogens with one attached hydrogen (secondary N) is 1. The molecule has 2 heterocycles. The first kappa shape index (κ1) is 31.8. The molecule has 0 radical (unpaired) electrons. The van der Waals surface area contributed by atoms with Gasteiger partial charge in [0.25, 0.3) is 0 Å². The Labute approximate surface area is 311 Å². The van der Waals surface area contributed by atoms with Crippen LogP contribution in [-0.4, -0.2) is 30.9 Å². The van der Waals surface area contributed by atoms with E-state index < -0.39 is 0 Å². The molecular formula is C49H42N4. The summed E-state index contributed by atoms with van der Waals surface area (Å²) in [7, 11) is 6.76. The molecule has 10 rings (SSSR count). The SMILES string of the molecule is CN1c2ccccc2C(c2ccc3ccccc3c2)N(C)C1c1ccc2cc(C3Nc4ccccc4C(c4ccc5ccccc5c4)N3C)ccc2c1. The monoisotopic (exact) mass is 686 g/mol. The van der Waals surface area contributed by atoms with Crippen LogP contribution in [0.4, 0.5) is 11.4 Å². The third-order valence-electron chi connectivity index (χ3n) is 11.8. The van der Waals surface area contributed by atoms with Crippen molar-refractivity contribution < 1.29 is 0 Å². The van der Waals surface area contributed by atoms with Gasteiger partial charge in [0.1, 0.15) is 12.3 Å². The van der Waals surface area contributed by atoms with Gasteiger partial charge in [0, 0.05) is 18.4 Å². The number of hydrogen-bond donors (Lipinski definition) is 1. The fourth-order valence-corrected chi connectivity index (χ4v) is 9.27. The van der Waals surface area contributed by atoms with Crippen molar-refractivity contribution in [3.05, 3.63) is 203 Å². The van der Waals surface area contributed by atoms with Crippen molar-refractivity contribution in [2.45, 2.75) is 24.4 Å². The van der Waals surface area contributed by atoms with Gasteiger partial charge < -0.3 is 10.2 Å². The standard InChI is InChI=1S/C49H42N4/c1-51-45-19-11-9-17-43(45)47(39-25-21-33-13-5-7-15-35(33)29-39)53(3)49(51)41-27-23-36-30-40(26-22-37(36)31-41)48-50-44-18-10-8-16-42(44)46(52(48)2)38-24-20-32-12-4-6-14-34(32)28-38/h4-31,46-50H,1-3H3. The van der Waals surface area contributed by atoms with E-state index in [4.69, 9.17) is 0 Å². The zero-order valence-corrected chi connectivity index (χ0v) is 30.3. The number of para-hydroxylation sites is 2. The van der Waals surface area contributed by atoms with E-state index in [1.54, 1.807) is 0 Å². The second-order valence-electron chi connectivity index (χ2n) is 14.9. The van der Waals surface area contributed by atoms with E-state index in [1.807, 2.05) is 0 Å². The van der Waals surface area contributed by atoms with Crippen LogP contribution >= 0.6 is 0 Å². The van der Waals surface area contributed by atoms with Crippen molar-refractivity contribution in [1.82, 2.24) is 9.80 Å². The summed E-state index contributed by atoms with van der Waals surface area (Å²) in [5, 5.41) is 11.5. The van der Waals surface area contributed by atoms with Gasteiger partial charge in [0.05, 0.1) is 12.1 Å². The highest BCUT2D eigenvalue weighted by Crippen LogP contribution is 2.47. The highest BCUT2D eigenvalue weighted by Gasteiger charge is 2.37. The maximum absolute atomic E-state index is 3.89. The first-order valence-electron chi connectivity index (χ1n) is 18.6. The molecule has 0 aromatic heterocycles. The molecule has 0 bridgehead atoms. The summed E-state index contributed by atoms with van der Waals surface area (Å²) >= 11 is 0. The van der Waals surface area contributed by atoms with Crippen LogP contribution < -0.4 is 10.2 Å². The highest BCUT2D eigenvalue weighted by atomic mass is 15.4. The Morgan fingerprint density at radius 1 is 0.396 bits per heavy atom. The smallest absolute Gasteiger partial charge is 0.108 e. The molecule has 8 aromatic rings. The molecule has 258 valence electrons. The molecule has 2 aliphatic rings. The van der Waals surface area contributed by atoms with Crippen LogP contribution in [0.3, 0.4) is 0 Å². The van der Waals surface area contributed by atoms with Crippen molar-refractivity contribution in [2.75, 3.05) is 31.4 Å². The molecule has 4 nitrogen and oxygen atoms in total.